The van der Waals surface area contributed by atoms with E-state index >= 15 is 0 Å². The van der Waals surface area contributed by atoms with Crippen LogP contribution in [0.15, 0.2) is 6.07 Å². The smallest absolute Gasteiger partial charge is 0.348 e. The molecule has 24 heavy (non-hydrogen) atoms. The molecule has 2 aromatic heterocycles. The van der Waals surface area contributed by atoms with Gasteiger partial charge in [0.25, 0.3) is 5.91 Å². The summed E-state index contributed by atoms with van der Waals surface area (Å²) in [5.41, 5.74) is 1.91. The lowest BCUT2D eigenvalue weighted by Gasteiger charge is -2.00. The van der Waals surface area contributed by atoms with Crippen LogP contribution >= 0.6 is 11.3 Å². The van der Waals surface area contributed by atoms with E-state index in [0.29, 0.717) is 22.0 Å². The molecule has 1 amide bonds. The molecule has 0 bridgehead atoms. The minimum atomic E-state index is -0.497. The predicted octanol–water partition coefficient (Wildman–Crippen LogP) is 2.88. The molecule has 1 N–H and O–H groups in total. The molecule has 126 valence electrons. The van der Waals surface area contributed by atoms with Gasteiger partial charge in [-0.3, -0.25) is 9.48 Å². The molecule has 0 saturated carbocycles. The largest absolute Gasteiger partial charge is 0.462 e. The number of nitrogens with zero attached hydrogens (tertiary/aromatic N) is 3. The van der Waals surface area contributed by atoms with Crippen molar-refractivity contribution >= 4 is 28.2 Å². The number of hydrogen-bond acceptors (Lipinski definition) is 6. The van der Waals surface area contributed by atoms with Gasteiger partial charge in [-0.2, -0.15) is 10.4 Å². The second kappa shape index (κ2) is 7.27. The minimum absolute atomic E-state index is 0.244. The topological polar surface area (TPSA) is 97.0 Å². The molecule has 7 nitrogen and oxygen atoms in total. The Balaban J connectivity index is 2.31. The van der Waals surface area contributed by atoms with E-state index in [2.05, 4.69) is 10.4 Å². The normalized spacial score (nSPS) is 10.3. The van der Waals surface area contributed by atoms with Crippen LogP contribution in [-0.4, -0.2) is 28.3 Å². The van der Waals surface area contributed by atoms with Crippen molar-refractivity contribution in [2.45, 2.75) is 34.2 Å². The molecule has 0 unspecified atom stereocenters. The number of ether oxygens (including phenoxy) is 1. The first kappa shape index (κ1) is 17.7. The highest BCUT2D eigenvalue weighted by Gasteiger charge is 2.23. The molecule has 8 heteroatoms. The van der Waals surface area contributed by atoms with Gasteiger partial charge >= 0.3 is 5.97 Å². The Hall–Kier alpha value is -2.66. The average Bonchev–Trinajstić information content (AvgIpc) is 3.07. The van der Waals surface area contributed by atoms with E-state index in [-0.39, 0.29) is 17.9 Å². The van der Waals surface area contributed by atoms with Crippen LogP contribution in [0.5, 0.6) is 0 Å². The molecular formula is C16H18N4O3S. The van der Waals surface area contributed by atoms with E-state index in [4.69, 9.17) is 4.74 Å². The van der Waals surface area contributed by atoms with E-state index < -0.39 is 11.9 Å². The zero-order valence-corrected chi connectivity index (χ0v) is 14.8. The molecule has 0 aromatic carbocycles. The fraction of sp³-hybridized carbons (Fsp3) is 0.375. The number of amides is 1. The predicted molar refractivity (Wildman–Crippen MR) is 90.3 cm³/mol. The molecule has 2 aromatic rings. The lowest BCUT2D eigenvalue weighted by atomic mass is 10.2. The fourth-order valence-corrected chi connectivity index (χ4v) is 3.28. The molecule has 2 heterocycles. The van der Waals surface area contributed by atoms with Crippen LogP contribution in [-0.2, 0) is 11.3 Å². The summed E-state index contributed by atoms with van der Waals surface area (Å²) in [6, 6.07) is 3.71. The number of anilines is 1. The van der Waals surface area contributed by atoms with Crippen LogP contribution in [0.3, 0.4) is 0 Å². The summed E-state index contributed by atoms with van der Waals surface area (Å²) in [5.74, 6) is -0.915. The number of nitrogens with one attached hydrogen (secondary N) is 1. The van der Waals surface area contributed by atoms with Crippen molar-refractivity contribution in [2.75, 3.05) is 11.9 Å². The van der Waals surface area contributed by atoms with E-state index in [1.165, 1.54) is 0 Å². The van der Waals surface area contributed by atoms with Crippen LogP contribution in [0.4, 0.5) is 5.00 Å². The van der Waals surface area contributed by atoms with Crippen LogP contribution < -0.4 is 5.32 Å². The summed E-state index contributed by atoms with van der Waals surface area (Å²) in [5, 5.41) is 16.5. The number of thiophene rings is 1. The zero-order valence-electron chi connectivity index (χ0n) is 14.0. The lowest BCUT2D eigenvalue weighted by Crippen LogP contribution is -2.13. The van der Waals surface area contributed by atoms with E-state index in [1.807, 2.05) is 19.9 Å². The quantitative estimate of drug-likeness (QED) is 0.840. The van der Waals surface area contributed by atoms with Gasteiger partial charge in [0.1, 0.15) is 15.9 Å². The van der Waals surface area contributed by atoms with Crippen LogP contribution in [0.2, 0.25) is 0 Å². The number of aromatic nitrogens is 2. The van der Waals surface area contributed by atoms with Crippen molar-refractivity contribution in [1.82, 2.24) is 9.78 Å². The van der Waals surface area contributed by atoms with Crippen molar-refractivity contribution in [3.63, 3.8) is 0 Å². The molecule has 0 aliphatic heterocycles. The maximum absolute atomic E-state index is 12.4. The number of aryl methyl sites for hydroxylation is 2. The molecule has 0 spiro atoms. The molecule has 0 aliphatic carbocycles. The van der Waals surface area contributed by atoms with Gasteiger partial charge in [0.15, 0.2) is 5.69 Å². The summed E-state index contributed by atoms with van der Waals surface area (Å²) in [6.07, 6.45) is 0. The van der Waals surface area contributed by atoms with Crippen molar-refractivity contribution in [2.24, 2.45) is 0 Å². The number of carbonyl (C=O) groups is 2. The Morgan fingerprint density at radius 1 is 1.42 bits per heavy atom. The highest BCUT2D eigenvalue weighted by Crippen LogP contribution is 2.33. The average molecular weight is 346 g/mol. The Bertz CT molecular complexity index is 829. The Kier molecular flexibility index (Phi) is 5.36. The Morgan fingerprint density at radius 2 is 2.12 bits per heavy atom. The van der Waals surface area contributed by atoms with Crippen LogP contribution in [0.1, 0.15) is 50.8 Å². The molecular weight excluding hydrogens is 328 g/mol. The van der Waals surface area contributed by atoms with Crippen molar-refractivity contribution < 1.29 is 14.3 Å². The maximum Gasteiger partial charge on any atom is 0.348 e. The summed E-state index contributed by atoms with van der Waals surface area (Å²) < 4.78 is 6.69. The molecule has 0 fully saturated rings. The van der Waals surface area contributed by atoms with Gasteiger partial charge in [-0.05, 0) is 39.3 Å². The second-order valence-corrected chi connectivity index (χ2v) is 6.05. The number of hydrogen-bond donors (Lipinski definition) is 1. The van der Waals surface area contributed by atoms with Crippen LogP contribution in [0.25, 0.3) is 0 Å². The first-order chi connectivity index (χ1) is 11.4. The van der Waals surface area contributed by atoms with Gasteiger partial charge in [0, 0.05) is 12.2 Å². The highest BCUT2D eigenvalue weighted by atomic mass is 32.1. The Morgan fingerprint density at radius 3 is 2.67 bits per heavy atom. The monoisotopic (exact) mass is 346 g/mol. The zero-order chi connectivity index (χ0) is 17.9. The van der Waals surface area contributed by atoms with Crippen molar-refractivity contribution in [3.05, 3.63) is 33.5 Å². The van der Waals surface area contributed by atoms with E-state index in [0.717, 1.165) is 17.0 Å². The van der Waals surface area contributed by atoms with Gasteiger partial charge in [-0.25, -0.2) is 4.79 Å². The molecule has 0 aliphatic rings. The van der Waals surface area contributed by atoms with Gasteiger partial charge in [-0.1, -0.05) is 0 Å². The number of esters is 1. The number of rotatable bonds is 5. The summed E-state index contributed by atoms with van der Waals surface area (Å²) >= 11 is 1.03. The molecule has 0 atom stereocenters. The lowest BCUT2D eigenvalue weighted by molar-refractivity contribution is 0.0531. The summed E-state index contributed by atoms with van der Waals surface area (Å²) in [7, 11) is 0. The molecule has 0 radical (unpaired) electrons. The summed E-state index contributed by atoms with van der Waals surface area (Å²) in [6.45, 7) is 8.07. The first-order valence-corrected chi connectivity index (χ1v) is 8.30. The third-order valence-corrected chi connectivity index (χ3v) is 4.65. The van der Waals surface area contributed by atoms with Gasteiger partial charge in [0.2, 0.25) is 0 Å². The van der Waals surface area contributed by atoms with E-state index in [1.54, 1.807) is 24.6 Å². The fourth-order valence-electron chi connectivity index (χ4n) is 2.24. The van der Waals surface area contributed by atoms with E-state index in [9.17, 15) is 14.9 Å². The second-order valence-electron chi connectivity index (χ2n) is 5.03. The van der Waals surface area contributed by atoms with Gasteiger partial charge in [0.05, 0.1) is 12.2 Å². The van der Waals surface area contributed by atoms with Crippen LogP contribution in [0, 0.1) is 25.2 Å². The SMILES string of the molecule is CCOC(=O)c1sc(NC(=O)c2cc(C)n(CC)n2)c(C#N)c1C. The number of nitriles is 1. The first-order valence-electron chi connectivity index (χ1n) is 7.49. The third kappa shape index (κ3) is 3.31. The van der Waals surface area contributed by atoms with Gasteiger partial charge in [-0.15, -0.1) is 11.3 Å². The third-order valence-electron chi connectivity index (χ3n) is 3.46. The standard InChI is InChI=1S/C16H18N4O3S/c1-5-20-9(3)7-12(19-20)14(21)18-15-11(8-17)10(4)13(24-15)16(22)23-6-2/h7H,5-6H2,1-4H3,(H,18,21). The Labute approximate surface area is 143 Å². The highest BCUT2D eigenvalue weighted by molar-refractivity contribution is 7.18. The molecule has 0 saturated heterocycles. The van der Waals surface area contributed by atoms with Gasteiger partial charge < -0.3 is 10.1 Å². The van der Waals surface area contributed by atoms with Crippen molar-refractivity contribution in [1.29, 1.82) is 5.26 Å². The maximum atomic E-state index is 12.4. The van der Waals surface area contributed by atoms with Crippen molar-refractivity contribution in [3.8, 4) is 6.07 Å². The number of carbonyl (C=O) groups excluding carboxylic acids is 2. The molecule has 2 rings (SSSR count). The minimum Gasteiger partial charge on any atom is -0.462 e. The summed E-state index contributed by atoms with van der Waals surface area (Å²) in [4.78, 5) is 24.6.